The van der Waals surface area contributed by atoms with Crippen LogP contribution in [0.5, 0.6) is 0 Å². The van der Waals surface area contributed by atoms with Crippen LogP contribution in [-0.4, -0.2) is 26.2 Å². The molecule has 1 saturated carbocycles. The highest BCUT2D eigenvalue weighted by atomic mass is 32.2. The molecule has 104 valence electrons. The van der Waals surface area contributed by atoms with Gasteiger partial charge in [0.1, 0.15) is 0 Å². The fraction of sp³-hybridized carbons (Fsp3) is 0.714. The van der Waals surface area contributed by atoms with E-state index in [-0.39, 0.29) is 0 Å². The van der Waals surface area contributed by atoms with Gasteiger partial charge in [0.2, 0.25) is 0 Å². The first-order chi connectivity index (χ1) is 9.15. The van der Waals surface area contributed by atoms with Gasteiger partial charge in [-0.15, -0.1) is 0 Å². The molecule has 2 atom stereocenters. The standard InChI is InChI=1S/C14H22N4S/c1-11-4-3-5-14(6-11)10-19-13(17-14)15-7-12-8-16-18(2)9-12/h8-9,11H,3-7,10H2,1-2H3,(H,15,17). The Morgan fingerprint density at radius 3 is 3.26 bits per heavy atom. The molecule has 1 aliphatic heterocycles. The predicted molar refractivity (Wildman–Crippen MR) is 80.3 cm³/mol. The molecule has 0 amide bonds. The Morgan fingerprint density at radius 2 is 2.53 bits per heavy atom. The van der Waals surface area contributed by atoms with E-state index in [0.29, 0.717) is 5.54 Å². The van der Waals surface area contributed by atoms with Crippen LogP contribution in [-0.2, 0) is 13.6 Å². The smallest absolute Gasteiger partial charge is 0.157 e. The quantitative estimate of drug-likeness (QED) is 0.904. The second kappa shape index (κ2) is 5.19. The second-order valence-corrected chi connectivity index (χ2v) is 7.00. The van der Waals surface area contributed by atoms with Gasteiger partial charge in [-0.25, -0.2) is 0 Å². The Morgan fingerprint density at radius 1 is 1.63 bits per heavy atom. The lowest BCUT2D eigenvalue weighted by Gasteiger charge is -2.36. The molecule has 1 aromatic rings. The lowest BCUT2D eigenvalue weighted by atomic mass is 9.78. The number of aryl methyl sites for hydroxylation is 1. The van der Waals surface area contributed by atoms with Crippen LogP contribution in [0.2, 0.25) is 0 Å². The molecule has 3 rings (SSSR count). The molecule has 1 N–H and O–H groups in total. The normalized spacial score (nSPS) is 32.9. The fourth-order valence-electron chi connectivity index (χ4n) is 3.21. The summed E-state index contributed by atoms with van der Waals surface area (Å²) in [7, 11) is 1.94. The summed E-state index contributed by atoms with van der Waals surface area (Å²) < 4.78 is 1.83. The van der Waals surface area contributed by atoms with Gasteiger partial charge in [-0.2, -0.15) is 5.10 Å². The summed E-state index contributed by atoms with van der Waals surface area (Å²) >= 11 is 1.89. The first kappa shape index (κ1) is 13.0. The van der Waals surface area contributed by atoms with Crippen molar-refractivity contribution in [1.29, 1.82) is 0 Å². The largest absolute Gasteiger partial charge is 0.359 e. The van der Waals surface area contributed by atoms with E-state index in [1.54, 1.807) is 0 Å². The van der Waals surface area contributed by atoms with Gasteiger partial charge in [0.15, 0.2) is 5.17 Å². The van der Waals surface area contributed by atoms with Gasteiger partial charge < -0.3 is 5.32 Å². The molecule has 5 heteroatoms. The second-order valence-electron chi connectivity index (χ2n) is 6.04. The van der Waals surface area contributed by atoms with Crippen LogP contribution in [0.4, 0.5) is 0 Å². The van der Waals surface area contributed by atoms with Gasteiger partial charge in [-0.3, -0.25) is 9.67 Å². The van der Waals surface area contributed by atoms with Gasteiger partial charge >= 0.3 is 0 Å². The third-order valence-electron chi connectivity index (χ3n) is 4.11. The summed E-state index contributed by atoms with van der Waals surface area (Å²) in [6.07, 6.45) is 9.26. The number of amidine groups is 1. The number of hydrogen-bond acceptors (Lipinski definition) is 3. The molecule has 1 aliphatic carbocycles. The van der Waals surface area contributed by atoms with Crippen molar-refractivity contribution in [1.82, 2.24) is 15.1 Å². The van der Waals surface area contributed by atoms with Crippen molar-refractivity contribution in [3.05, 3.63) is 18.0 Å². The molecule has 2 heterocycles. The third kappa shape index (κ3) is 2.96. The molecule has 2 unspecified atom stereocenters. The number of nitrogens with zero attached hydrogens (tertiary/aromatic N) is 3. The average molecular weight is 278 g/mol. The third-order valence-corrected chi connectivity index (χ3v) is 5.31. The van der Waals surface area contributed by atoms with Crippen molar-refractivity contribution in [2.45, 2.75) is 44.7 Å². The molecule has 19 heavy (non-hydrogen) atoms. The lowest BCUT2D eigenvalue weighted by molar-refractivity contribution is 0.242. The van der Waals surface area contributed by atoms with Crippen molar-refractivity contribution in [2.75, 3.05) is 5.75 Å². The lowest BCUT2D eigenvalue weighted by Crippen LogP contribution is -2.47. The minimum absolute atomic E-state index is 0.329. The Balaban J connectivity index is 1.62. The van der Waals surface area contributed by atoms with Crippen molar-refractivity contribution in [2.24, 2.45) is 18.0 Å². The summed E-state index contributed by atoms with van der Waals surface area (Å²) in [5, 5.41) is 9.00. The van der Waals surface area contributed by atoms with Crippen molar-refractivity contribution >= 4 is 16.9 Å². The molecule has 1 aromatic heterocycles. The zero-order valence-corrected chi connectivity index (χ0v) is 12.5. The molecule has 0 radical (unpaired) electrons. The maximum atomic E-state index is 4.70. The highest BCUT2D eigenvalue weighted by Crippen LogP contribution is 2.38. The van der Waals surface area contributed by atoms with E-state index >= 15 is 0 Å². The minimum Gasteiger partial charge on any atom is -0.359 e. The van der Waals surface area contributed by atoms with Crippen molar-refractivity contribution in [3.63, 3.8) is 0 Å². The first-order valence-electron chi connectivity index (χ1n) is 7.08. The zero-order chi connectivity index (χ0) is 13.3. The molecule has 2 aliphatic rings. The van der Waals surface area contributed by atoms with Crippen LogP contribution in [0, 0.1) is 5.92 Å². The van der Waals surface area contributed by atoms with Gasteiger partial charge in [0.25, 0.3) is 0 Å². The number of hydrogen-bond donors (Lipinski definition) is 1. The number of aromatic nitrogens is 2. The van der Waals surface area contributed by atoms with E-state index in [0.717, 1.165) is 17.6 Å². The van der Waals surface area contributed by atoms with E-state index in [2.05, 4.69) is 17.3 Å². The molecule has 4 nitrogen and oxygen atoms in total. The van der Waals surface area contributed by atoms with E-state index in [1.165, 1.54) is 37.0 Å². The highest BCUT2D eigenvalue weighted by Gasteiger charge is 2.40. The van der Waals surface area contributed by atoms with Crippen LogP contribution >= 0.6 is 11.8 Å². The van der Waals surface area contributed by atoms with Crippen LogP contribution in [0.3, 0.4) is 0 Å². The maximum absolute atomic E-state index is 4.70. The van der Waals surface area contributed by atoms with Gasteiger partial charge in [-0.05, 0) is 18.8 Å². The Hall–Kier alpha value is -0.970. The van der Waals surface area contributed by atoms with Crippen molar-refractivity contribution in [3.8, 4) is 0 Å². The Labute approximate surface area is 119 Å². The van der Waals surface area contributed by atoms with Crippen molar-refractivity contribution < 1.29 is 0 Å². The molecule has 1 spiro atoms. The molecular weight excluding hydrogens is 256 g/mol. The molecular formula is C14H22N4S. The Bertz CT molecular complexity index is 482. The van der Waals surface area contributed by atoms with Crippen LogP contribution < -0.4 is 5.32 Å². The topological polar surface area (TPSA) is 42.2 Å². The van der Waals surface area contributed by atoms with Gasteiger partial charge in [0, 0.05) is 30.1 Å². The van der Waals surface area contributed by atoms with Gasteiger partial charge in [-0.1, -0.05) is 31.5 Å². The number of rotatable bonds is 2. The summed E-state index contributed by atoms with van der Waals surface area (Å²) in [6.45, 7) is 3.10. The van der Waals surface area contributed by atoms with Crippen LogP contribution in [0.25, 0.3) is 0 Å². The Kier molecular flexibility index (Phi) is 3.56. The molecule has 0 aromatic carbocycles. The molecule has 2 fully saturated rings. The van der Waals surface area contributed by atoms with E-state index < -0.39 is 0 Å². The zero-order valence-electron chi connectivity index (χ0n) is 11.7. The summed E-state index contributed by atoms with van der Waals surface area (Å²) in [5.74, 6) is 2.03. The molecule has 0 bridgehead atoms. The predicted octanol–water partition coefficient (Wildman–Crippen LogP) is 2.56. The maximum Gasteiger partial charge on any atom is 0.157 e. The van der Waals surface area contributed by atoms with E-state index in [4.69, 9.17) is 4.99 Å². The van der Waals surface area contributed by atoms with Crippen LogP contribution in [0.1, 0.15) is 38.2 Å². The highest BCUT2D eigenvalue weighted by molar-refractivity contribution is 8.14. The fourth-order valence-corrected chi connectivity index (χ4v) is 4.40. The summed E-state index contributed by atoms with van der Waals surface area (Å²) in [4.78, 5) is 4.70. The van der Waals surface area contributed by atoms with E-state index in [9.17, 15) is 0 Å². The average Bonchev–Trinajstić information content (AvgIpc) is 2.94. The molecule has 1 saturated heterocycles. The number of nitrogens with one attached hydrogen (secondary N) is 1. The minimum atomic E-state index is 0.329. The summed E-state index contributed by atoms with van der Waals surface area (Å²) in [5.41, 5.74) is 1.51. The van der Waals surface area contributed by atoms with Gasteiger partial charge in [0.05, 0.1) is 12.7 Å². The van der Waals surface area contributed by atoms with Crippen LogP contribution in [0.15, 0.2) is 17.4 Å². The van der Waals surface area contributed by atoms with E-state index in [1.807, 2.05) is 35.9 Å². The SMILES string of the molecule is CC1CCCC2(CSC(=NCc3cnn(C)c3)N2)C1. The first-order valence-corrected chi connectivity index (χ1v) is 8.07. The summed E-state index contributed by atoms with van der Waals surface area (Å²) in [6, 6.07) is 0. The number of aliphatic imine (C=N–C) groups is 1. The number of thioether (sulfide) groups is 1. The monoisotopic (exact) mass is 278 g/mol.